The highest BCUT2D eigenvalue weighted by Crippen LogP contribution is 2.31. The molecule has 0 aromatic heterocycles. The summed E-state index contributed by atoms with van der Waals surface area (Å²) in [5, 5.41) is 0. The molecule has 1 aliphatic rings. The molecule has 1 aromatic carbocycles. The van der Waals surface area contributed by atoms with E-state index < -0.39 is 0 Å². The molecule has 106 valence electrons. The van der Waals surface area contributed by atoms with Crippen LogP contribution in [0.25, 0.3) is 0 Å². The van der Waals surface area contributed by atoms with Gasteiger partial charge in [0.2, 0.25) is 5.91 Å². The maximum atomic E-state index is 12.1. The molecule has 0 radical (unpaired) electrons. The van der Waals surface area contributed by atoms with Crippen molar-refractivity contribution < 1.29 is 4.79 Å². The van der Waals surface area contributed by atoms with E-state index in [9.17, 15) is 4.79 Å². The van der Waals surface area contributed by atoms with E-state index in [0.29, 0.717) is 6.42 Å². The van der Waals surface area contributed by atoms with Crippen LogP contribution in [0.2, 0.25) is 0 Å². The second kappa shape index (κ2) is 8.08. The average molecular weight is 303 g/mol. The standard InChI is InChI=1S/C14H18N2O.2ClH/c1-2-3-9-14(17)16-10-5-6-11-12(15)7-4-8-13(11)16;;/h2,4,7-8H,1,3,5-6,9-10,15H2;2*1H. The number of hydrogen-bond donors (Lipinski definition) is 1. The Hall–Kier alpha value is -1.19. The predicted octanol–water partition coefficient (Wildman–Crippen LogP) is 3.36. The Morgan fingerprint density at radius 2 is 2.16 bits per heavy atom. The molecule has 1 aromatic rings. The average Bonchev–Trinajstić information content (AvgIpc) is 2.36. The van der Waals surface area contributed by atoms with Crippen LogP contribution in [0, 0.1) is 0 Å². The Balaban J connectivity index is 0.00000162. The van der Waals surface area contributed by atoms with Gasteiger partial charge < -0.3 is 10.6 Å². The zero-order valence-electron chi connectivity index (χ0n) is 10.8. The van der Waals surface area contributed by atoms with Crippen LogP contribution in [0.5, 0.6) is 0 Å². The number of anilines is 2. The minimum absolute atomic E-state index is 0. The topological polar surface area (TPSA) is 46.3 Å². The molecule has 0 saturated heterocycles. The van der Waals surface area contributed by atoms with Crippen molar-refractivity contribution in [3.05, 3.63) is 36.4 Å². The van der Waals surface area contributed by atoms with Crippen molar-refractivity contribution in [1.29, 1.82) is 0 Å². The maximum absolute atomic E-state index is 12.1. The van der Waals surface area contributed by atoms with Crippen LogP contribution in [0.15, 0.2) is 30.9 Å². The van der Waals surface area contributed by atoms with Crippen molar-refractivity contribution in [2.45, 2.75) is 25.7 Å². The SMILES string of the molecule is C=CCCC(=O)N1CCCc2c(N)cccc21.Cl.Cl. The molecule has 0 saturated carbocycles. The number of nitrogens with zero attached hydrogens (tertiary/aromatic N) is 1. The fraction of sp³-hybridized carbons (Fsp3) is 0.357. The number of fused-ring (bicyclic) bond motifs is 1. The summed E-state index contributed by atoms with van der Waals surface area (Å²) < 4.78 is 0. The van der Waals surface area contributed by atoms with Gasteiger partial charge in [-0.1, -0.05) is 12.1 Å². The summed E-state index contributed by atoms with van der Waals surface area (Å²) in [5.41, 5.74) is 8.85. The molecule has 0 fully saturated rings. The Labute approximate surface area is 126 Å². The third kappa shape index (κ3) is 3.88. The molecule has 19 heavy (non-hydrogen) atoms. The Morgan fingerprint density at radius 1 is 1.42 bits per heavy atom. The van der Waals surface area contributed by atoms with E-state index >= 15 is 0 Å². The van der Waals surface area contributed by atoms with Crippen LogP contribution >= 0.6 is 24.8 Å². The van der Waals surface area contributed by atoms with Crippen molar-refractivity contribution in [2.75, 3.05) is 17.2 Å². The number of allylic oxidation sites excluding steroid dienone is 1. The summed E-state index contributed by atoms with van der Waals surface area (Å²) >= 11 is 0. The summed E-state index contributed by atoms with van der Waals surface area (Å²) in [6.07, 6.45) is 4.99. The third-order valence-electron chi connectivity index (χ3n) is 3.15. The van der Waals surface area contributed by atoms with E-state index in [1.807, 2.05) is 23.1 Å². The summed E-state index contributed by atoms with van der Waals surface area (Å²) in [7, 11) is 0. The molecule has 2 rings (SSSR count). The molecule has 0 spiro atoms. The van der Waals surface area contributed by atoms with Gasteiger partial charge in [-0.3, -0.25) is 4.79 Å². The molecule has 1 heterocycles. The Kier molecular flexibility index (Phi) is 7.57. The number of nitrogen functional groups attached to an aromatic ring is 1. The van der Waals surface area contributed by atoms with Crippen molar-refractivity contribution >= 4 is 42.1 Å². The number of amides is 1. The first kappa shape index (κ1) is 17.8. The lowest BCUT2D eigenvalue weighted by atomic mass is 9.99. The summed E-state index contributed by atoms with van der Waals surface area (Å²) in [6.45, 7) is 4.44. The molecule has 0 aliphatic carbocycles. The number of carbonyl (C=O) groups is 1. The lowest BCUT2D eigenvalue weighted by Gasteiger charge is -2.30. The molecule has 5 heteroatoms. The smallest absolute Gasteiger partial charge is 0.227 e. The van der Waals surface area contributed by atoms with Crippen molar-refractivity contribution in [1.82, 2.24) is 0 Å². The molecule has 0 atom stereocenters. The highest BCUT2D eigenvalue weighted by Gasteiger charge is 2.22. The van der Waals surface area contributed by atoms with Crippen LogP contribution in [0.4, 0.5) is 11.4 Å². The number of hydrogen-bond acceptors (Lipinski definition) is 2. The summed E-state index contributed by atoms with van der Waals surface area (Å²) in [4.78, 5) is 13.9. The predicted molar refractivity (Wildman–Crippen MR) is 85.5 cm³/mol. The minimum atomic E-state index is 0. The van der Waals surface area contributed by atoms with Crippen LogP contribution in [0.1, 0.15) is 24.8 Å². The molecule has 0 unspecified atom stereocenters. The fourth-order valence-corrected chi connectivity index (χ4v) is 2.27. The zero-order chi connectivity index (χ0) is 12.3. The van der Waals surface area contributed by atoms with Gasteiger partial charge >= 0.3 is 0 Å². The van der Waals surface area contributed by atoms with Crippen LogP contribution in [-0.4, -0.2) is 12.5 Å². The first-order chi connectivity index (χ1) is 8.24. The van der Waals surface area contributed by atoms with Gasteiger partial charge in [0.15, 0.2) is 0 Å². The second-order valence-corrected chi connectivity index (χ2v) is 4.32. The minimum Gasteiger partial charge on any atom is -0.398 e. The number of nitrogens with two attached hydrogens (primary N) is 1. The van der Waals surface area contributed by atoms with Crippen LogP contribution in [-0.2, 0) is 11.2 Å². The van der Waals surface area contributed by atoms with Crippen molar-refractivity contribution in [3.63, 3.8) is 0 Å². The molecule has 3 nitrogen and oxygen atoms in total. The van der Waals surface area contributed by atoms with Crippen molar-refractivity contribution in [2.24, 2.45) is 0 Å². The number of halogens is 2. The second-order valence-electron chi connectivity index (χ2n) is 4.32. The monoisotopic (exact) mass is 302 g/mol. The Morgan fingerprint density at radius 3 is 2.84 bits per heavy atom. The van der Waals surface area contributed by atoms with Gasteiger partial charge in [-0.25, -0.2) is 0 Å². The number of benzene rings is 1. The molecule has 1 aliphatic heterocycles. The largest absolute Gasteiger partial charge is 0.398 e. The molecule has 2 N–H and O–H groups in total. The van der Waals surface area contributed by atoms with Gasteiger partial charge in [-0.2, -0.15) is 0 Å². The fourth-order valence-electron chi connectivity index (χ4n) is 2.27. The highest BCUT2D eigenvalue weighted by atomic mass is 35.5. The molecular formula is C14H20Cl2N2O. The lowest BCUT2D eigenvalue weighted by Crippen LogP contribution is -2.35. The molecule has 1 amide bonds. The third-order valence-corrected chi connectivity index (χ3v) is 3.15. The summed E-state index contributed by atoms with van der Waals surface area (Å²) in [6, 6.07) is 5.79. The van der Waals surface area contributed by atoms with Gasteiger partial charge in [-0.15, -0.1) is 31.4 Å². The van der Waals surface area contributed by atoms with E-state index in [-0.39, 0.29) is 30.7 Å². The first-order valence-electron chi connectivity index (χ1n) is 6.02. The van der Waals surface area contributed by atoms with E-state index in [2.05, 4.69) is 6.58 Å². The van der Waals surface area contributed by atoms with E-state index in [0.717, 1.165) is 42.7 Å². The van der Waals surface area contributed by atoms with Gasteiger partial charge in [0.25, 0.3) is 0 Å². The van der Waals surface area contributed by atoms with Gasteiger partial charge in [0, 0.05) is 24.3 Å². The van der Waals surface area contributed by atoms with Crippen LogP contribution in [0.3, 0.4) is 0 Å². The molecular weight excluding hydrogens is 283 g/mol. The molecule has 0 bridgehead atoms. The van der Waals surface area contributed by atoms with Gasteiger partial charge in [-0.05, 0) is 37.0 Å². The quantitative estimate of drug-likeness (QED) is 0.687. The van der Waals surface area contributed by atoms with Crippen LogP contribution < -0.4 is 10.6 Å². The number of rotatable bonds is 3. The lowest BCUT2D eigenvalue weighted by molar-refractivity contribution is -0.118. The van der Waals surface area contributed by atoms with E-state index in [1.54, 1.807) is 6.08 Å². The Bertz CT molecular complexity index is 449. The summed E-state index contributed by atoms with van der Waals surface area (Å²) in [5.74, 6) is 0.163. The number of carbonyl (C=O) groups excluding carboxylic acids is 1. The van der Waals surface area contributed by atoms with E-state index in [1.165, 1.54) is 0 Å². The first-order valence-corrected chi connectivity index (χ1v) is 6.02. The van der Waals surface area contributed by atoms with Crippen molar-refractivity contribution in [3.8, 4) is 0 Å². The highest BCUT2D eigenvalue weighted by molar-refractivity contribution is 5.95. The normalized spacial score (nSPS) is 12.7. The van der Waals surface area contributed by atoms with Gasteiger partial charge in [0.05, 0.1) is 0 Å². The van der Waals surface area contributed by atoms with Gasteiger partial charge in [0.1, 0.15) is 0 Å². The van der Waals surface area contributed by atoms with E-state index in [4.69, 9.17) is 5.73 Å². The zero-order valence-corrected chi connectivity index (χ0v) is 12.4. The maximum Gasteiger partial charge on any atom is 0.227 e.